The smallest absolute Gasteiger partial charge is 0.386 e. The number of fused-ring (bicyclic) bond motifs is 1. The summed E-state index contributed by atoms with van der Waals surface area (Å²) in [5.41, 5.74) is 6.62. The first kappa shape index (κ1) is 18.4. The first-order valence-electron chi connectivity index (χ1n) is 7.92. The van der Waals surface area contributed by atoms with Gasteiger partial charge in [-0.05, 0) is 36.4 Å². The third-order valence-electron chi connectivity index (χ3n) is 4.04. The lowest BCUT2D eigenvalue weighted by Gasteiger charge is -2.07. The maximum Gasteiger partial charge on any atom is 0.416 e. The number of carbonyl (C=O) groups is 1. The molecule has 1 amide bonds. The van der Waals surface area contributed by atoms with E-state index < -0.39 is 17.6 Å². The summed E-state index contributed by atoms with van der Waals surface area (Å²) in [7, 11) is 0. The van der Waals surface area contributed by atoms with Crippen molar-refractivity contribution in [3.8, 4) is 0 Å². The molecule has 1 aromatic heterocycles. The lowest BCUT2D eigenvalue weighted by molar-refractivity contribution is -0.137. The number of alkyl halides is 3. The Morgan fingerprint density at radius 2 is 1.85 bits per heavy atom. The van der Waals surface area contributed by atoms with Crippen molar-refractivity contribution in [1.29, 1.82) is 5.41 Å². The van der Waals surface area contributed by atoms with Crippen LogP contribution in [0, 0.1) is 5.41 Å². The number of benzene rings is 2. The SMILES string of the molecule is N=Cc1cccc2c1ccn2CC(N)=NC(=O)c1ccc(C(F)(F)F)cc1. The Morgan fingerprint density at radius 3 is 2.48 bits per heavy atom. The quantitative estimate of drug-likeness (QED) is 0.538. The van der Waals surface area contributed by atoms with Gasteiger partial charge in [-0.3, -0.25) is 4.79 Å². The molecule has 0 spiro atoms. The van der Waals surface area contributed by atoms with Crippen molar-refractivity contribution in [2.45, 2.75) is 12.7 Å². The molecule has 0 atom stereocenters. The molecular formula is C19H15F3N4O. The van der Waals surface area contributed by atoms with Crippen molar-refractivity contribution in [2.75, 3.05) is 0 Å². The number of hydrogen-bond acceptors (Lipinski definition) is 2. The zero-order valence-electron chi connectivity index (χ0n) is 14.0. The molecule has 1 heterocycles. The normalized spacial score (nSPS) is 12.3. The van der Waals surface area contributed by atoms with Crippen LogP contribution in [0.3, 0.4) is 0 Å². The molecule has 0 aliphatic rings. The molecule has 0 unspecified atom stereocenters. The zero-order chi connectivity index (χ0) is 19.6. The standard InChI is InChI=1S/C19H15F3N4O/c20-19(21,22)14-6-4-12(5-7-14)18(27)25-17(24)11-26-9-8-15-13(10-23)2-1-3-16(15)26/h1-10,23H,11H2,(H2,24,25,27). The lowest BCUT2D eigenvalue weighted by atomic mass is 10.1. The van der Waals surface area contributed by atoms with Crippen LogP contribution >= 0.6 is 0 Å². The van der Waals surface area contributed by atoms with Crippen LogP contribution < -0.4 is 5.73 Å². The number of amides is 1. The van der Waals surface area contributed by atoms with E-state index in [1.165, 1.54) is 6.21 Å². The fraction of sp³-hybridized carbons (Fsp3) is 0.105. The summed E-state index contributed by atoms with van der Waals surface area (Å²) < 4.78 is 39.5. The Balaban J connectivity index is 1.80. The molecule has 3 rings (SSSR count). The lowest BCUT2D eigenvalue weighted by Crippen LogP contribution is -2.20. The van der Waals surface area contributed by atoms with E-state index in [0.717, 1.165) is 40.7 Å². The summed E-state index contributed by atoms with van der Waals surface area (Å²) in [5.74, 6) is -0.685. The van der Waals surface area contributed by atoms with Gasteiger partial charge in [0.05, 0.1) is 12.1 Å². The van der Waals surface area contributed by atoms with Gasteiger partial charge in [-0.15, -0.1) is 0 Å². The average molecular weight is 372 g/mol. The van der Waals surface area contributed by atoms with Gasteiger partial charge >= 0.3 is 6.18 Å². The highest BCUT2D eigenvalue weighted by molar-refractivity contribution is 6.03. The van der Waals surface area contributed by atoms with Crippen LogP contribution in [0.2, 0.25) is 0 Å². The summed E-state index contributed by atoms with van der Waals surface area (Å²) in [6, 6.07) is 11.1. The molecule has 0 bridgehead atoms. The van der Waals surface area contributed by atoms with Gasteiger partial charge in [0.15, 0.2) is 0 Å². The van der Waals surface area contributed by atoms with Crippen molar-refractivity contribution >= 4 is 28.9 Å². The fourth-order valence-electron chi connectivity index (χ4n) is 2.72. The molecule has 27 heavy (non-hydrogen) atoms. The van der Waals surface area contributed by atoms with Crippen LogP contribution in [0.4, 0.5) is 13.2 Å². The minimum absolute atomic E-state index is 0.0226. The highest BCUT2D eigenvalue weighted by Crippen LogP contribution is 2.29. The molecule has 138 valence electrons. The third-order valence-corrected chi connectivity index (χ3v) is 4.04. The van der Waals surface area contributed by atoms with Crippen LogP contribution in [-0.2, 0) is 12.7 Å². The van der Waals surface area contributed by atoms with Crippen molar-refractivity contribution < 1.29 is 18.0 Å². The maximum absolute atomic E-state index is 12.6. The van der Waals surface area contributed by atoms with Gasteiger partial charge in [0, 0.05) is 34.4 Å². The Labute approximate surface area is 152 Å². The molecule has 2 aromatic carbocycles. The second-order valence-electron chi connectivity index (χ2n) is 5.85. The van der Waals surface area contributed by atoms with E-state index in [1.807, 2.05) is 18.2 Å². The number of rotatable bonds is 4. The molecule has 5 nitrogen and oxygen atoms in total. The molecule has 0 aliphatic heterocycles. The van der Waals surface area contributed by atoms with Crippen LogP contribution in [0.5, 0.6) is 0 Å². The minimum atomic E-state index is -4.46. The van der Waals surface area contributed by atoms with Crippen molar-refractivity contribution in [1.82, 2.24) is 4.57 Å². The number of aliphatic imine (C=N–C) groups is 1. The van der Waals surface area contributed by atoms with Crippen LogP contribution in [-0.4, -0.2) is 22.5 Å². The molecule has 0 radical (unpaired) electrons. The van der Waals surface area contributed by atoms with E-state index in [0.29, 0.717) is 0 Å². The summed E-state index contributed by atoms with van der Waals surface area (Å²) in [6.45, 7) is 0.136. The van der Waals surface area contributed by atoms with Crippen molar-refractivity contribution in [2.24, 2.45) is 10.7 Å². The summed E-state index contributed by atoms with van der Waals surface area (Å²) in [4.78, 5) is 15.9. The number of aromatic nitrogens is 1. The van der Waals surface area contributed by atoms with E-state index >= 15 is 0 Å². The second kappa shape index (κ2) is 7.06. The zero-order valence-corrected chi connectivity index (χ0v) is 14.0. The number of amidine groups is 1. The summed E-state index contributed by atoms with van der Waals surface area (Å²) in [5, 5.41) is 8.29. The average Bonchev–Trinajstić information content (AvgIpc) is 3.04. The molecule has 0 saturated heterocycles. The maximum atomic E-state index is 12.6. The van der Waals surface area contributed by atoms with Crippen LogP contribution in [0.1, 0.15) is 21.5 Å². The van der Waals surface area contributed by atoms with Gasteiger partial charge < -0.3 is 15.7 Å². The molecule has 0 fully saturated rings. The number of nitrogens with zero attached hydrogens (tertiary/aromatic N) is 2. The topological polar surface area (TPSA) is 84.2 Å². The fourth-order valence-corrected chi connectivity index (χ4v) is 2.72. The highest BCUT2D eigenvalue weighted by Gasteiger charge is 2.30. The monoisotopic (exact) mass is 372 g/mol. The van der Waals surface area contributed by atoms with Gasteiger partial charge in [0.1, 0.15) is 5.84 Å². The first-order chi connectivity index (χ1) is 12.8. The number of halogens is 3. The first-order valence-corrected chi connectivity index (χ1v) is 7.92. The van der Waals surface area contributed by atoms with Crippen molar-refractivity contribution in [3.05, 3.63) is 71.4 Å². The van der Waals surface area contributed by atoms with Crippen LogP contribution in [0.15, 0.2) is 59.7 Å². The van der Waals surface area contributed by atoms with E-state index in [-0.39, 0.29) is 17.9 Å². The molecule has 0 saturated carbocycles. The molecule has 3 N–H and O–H groups in total. The largest absolute Gasteiger partial charge is 0.416 e. The van der Waals surface area contributed by atoms with Crippen LogP contribution in [0.25, 0.3) is 10.9 Å². The third kappa shape index (κ3) is 3.89. The molecular weight excluding hydrogens is 357 g/mol. The van der Waals surface area contributed by atoms with Gasteiger partial charge in [-0.1, -0.05) is 12.1 Å². The van der Waals surface area contributed by atoms with Gasteiger partial charge in [-0.2, -0.15) is 18.2 Å². The summed E-state index contributed by atoms with van der Waals surface area (Å²) >= 11 is 0. The highest BCUT2D eigenvalue weighted by atomic mass is 19.4. The van der Waals surface area contributed by atoms with Crippen molar-refractivity contribution in [3.63, 3.8) is 0 Å². The van der Waals surface area contributed by atoms with E-state index in [1.54, 1.807) is 16.8 Å². The molecule has 8 heteroatoms. The molecule has 0 aliphatic carbocycles. The predicted octanol–water partition coefficient (Wildman–Crippen LogP) is 3.86. The number of nitrogens with two attached hydrogens (primary N) is 1. The van der Waals surface area contributed by atoms with E-state index in [9.17, 15) is 18.0 Å². The minimum Gasteiger partial charge on any atom is -0.386 e. The second-order valence-corrected chi connectivity index (χ2v) is 5.85. The Hall–Kier alpha value is -3.42. The predicted molar refractivity (Wildman–Crippen MR) is 97.2 cm³/mol. The van der Waals surface area contributed by atoms with Gasteiger partial charge in [-0.25, -0.2) is 0 Å². The van der Waals surface area contributed by atoms with E-state index in [4.69, 9.17) is 11.1 Å². The Bertz CT molecular complexity index is 1030. The number of hydrogen-bond donors (Lipinski definition) is 2. The number of nitrogens with one attached hydrogen (secondary N) is 1. The van der Waals surface area contributed by atoms with Gasteiger partial charge in [0.2, 0.25) is 0 Å². The summed E-state index contributed by atoms with van der Waals surface area (Å²) in [6.07, 6.45) is -1.45. The molecule has 3 aromatic rings. The Kier molecular flexibility index (Phi) is 4.81. The number of carbonyl (C=O) groups excluding carboxylic acids is 1. The Morgan fingerprint density at radius 1 is 1.15 bits per heavy atom. The van der Waals surface area contributed by atoms with Gasteiger partial charge in [0.25, 0.3) is 5.91 Å². The van der Waals surface area contributed by atoms with E-state index in [2.05, 4.69) is 4.99 Å².